The van der Waals surface area contributed by atoms with Crippen molar-refractivity contribution in [3.63, 3.8) is 0 Å². The predicted octanol–water partition coefficient (Wildman–Crippen LogP) is 4.88. The van der Waals surface area contributed by atoms with E-state index in [1.165, 1.54) is 0 Å². The van der Waals surface area contributed by atoms with Crippen LogP contribution in [0.2, 0.25) is 0 Å². The average Bonchev–Trinajstić information content (AvgIpc) is 2.77. The van der Waals surface area contributed by atoms with E-state index in [0.29, 0.717) is 13.0 Å². The lowest BCUT2D eigenvalue weighted by Crippen LogP contribution is -2.13. The maximum atomic E-state index is 11.6. The van der Waals surface area contributed by atoms with Crippen LogP contribution in [0.25, 0.3) is 11.1 Å². The molecule has 1 unspecified atom stereocenters. The molecule has 0 bridgehead atoms. The van der Waals surface area contributed by atoms with Crippen LogP contribution in [-0.2, 0) is 33.2 Å². The van der Waals surface area contributed by atoms with E-state index in [1.54, 1.807) is 13.8 Å². The molecule has 170 valence electrons. The summed E-state index contributed by atoms with van der Waals surface area (Å²) in [6, 6.07) is 23.4. The molecule has 6 nitrogen and oxygen atoms in total. The molecule has 0 heterocycles. The van der Waals surface area contributed by atoms with Crippen LogP contribution in [0.4, 0.5) is 0 Å². The van der Waals surface area contributed by atoms with E-state index in [4.69, 9.17) is 13.8 Å². The van der Waals surface area contributed by atoms with E-state index in [2.05, 4.69) is 0 Å². The molecule has 0 saturated heterocycles. The number of phosphoric acid groups is 1. The van der Waals surface area contributed by atoms with E-state index in [-0.39, 0.29) is 13.2 Å². The fourth-order valence-electron chi connectivity index (χ4n) is 3.18. The smallest absolute Gasteiger partial charge is 0.268 e. The number of aliphatic hydroxyl groups is 1. The van der Waals surface area contributed by atoms with Gasteiger partial charge in [0, 0.05) is 0 Å². The predicted molar refractivity (Wildman–Crippen MR) is 122 cm³/mol. The number of aliphatic hydroxyl groups excluding tert-OH is 1. The molecule has 7 heteroatoms. The second kappa shape index (κ2) is 11.4. The molecule has 0 fully saturated rings. The number of hydrogen-bond acceptors (Lipinski definition) is 6. The van der Waals surface area contributed by atoms with E-state index in [1.807, 2.05) is 72.8 Å². The van der Waals surface area contributed by atoms with Crippen molar-refractivity contribution in [3.05, 3.63) is 89.5 Å². The van der Waals surface area contributed by atoms with Gasteiger partial charge in [-0.05, 0) is 60.2 Å². The second-order valence-corrected chi connectivity index (χ2v) is 9.04. The first-order valence-corrected chi connectivity index (χ1v) is 12.0. The van der Waals surface area contributed by atoms with Gasteiger partial charge in [-0.15, -0.1) is 0 Å². The molecule has 3 rings (SSSR count). The zero-order valence-corrected chi connectivity index (χ0v) is 19.2. The highest BCUT2D eigenvalue weighted by Crippen LogP contribution is 2.39. The minimum absolute atomic E-state index is 0.00731. The van der Waals surface area contributed by atoms with Crippen LogP contribution in [0.3, 0.4) is 0 Å². The van der Waals surface area contributed by atoms with E-state index in [0.717, 1.165) is 33.6 Å². The Morgan fingerprint density at radius 1 is 0.906 bits per heavy atom. The van der Waals surface area contributed by atoms with Gasteiger partial charge in [0.25, 0.3) is 7.82 Å². The normalized spacial score (nSPS) is 13.2. The molecule has 0 amide bonds. The van der Waals surface area contributed by atoms with Crippen LogP contribution in [0.15, 0.2) is 72.8 Å². The van der Waals surface area contributed by atoms with E-state index in [9.17, 15) is 14.6 Å². The Morgan fingerprint density at radius 2 is 1.62 bits per heavy atom. The Hall–Kier alpha value is -2.47. The first-order valence-electron chi connectivity index (χ1n) is 10.5. The Balaban J connectivity index is 1.57. The quantitative estimate of drug-likeness (QED) is 0.415. The van der Waals surface area contributed by atoms with Gasteiger partial charge in [-0.2, -0.15) is 0 Å². The highest BCUT2D eigenvalue weighted by molar-refractivity contribution is 7.45. The lowest BCUT2D eigenvalue weighted by atomic mass is 10.0. The Labute approximate surface area is 189 Å². The molecule has 3 aromatic rings. The van der Waals surface area contributed by atoms with E-state index < -0.39 is 13.9 Å². The summed E-state index contributed by atoms with van der Waals surface area (Å²) in [6.45, 7) is 3.74. The molecule has 0 aliphatic rings. The summed E-state index contributed by atoms with van der Waals surface area (Å²) in [6.07, 6.45) is 0.0207. The fraction of sp³-hybridized carbons (Fsp3) is 0.280. The summed E-state index contributed by atoms with van der Waals surface area (Å²) in [7, 11) is -4.26. The molecular formula is C25H28O6P-. The fourth-order valence-corrected chi connectivity index (χ4v) is 4.07. The van der Waals surface area contributed by atoms with Gasteiger partial charge in [-0.25, -0.2) is 0 Å². The number of benzene rings is 3. The summed E-state index contributed by atoms with van der Waals surface area (Å²) in [5.74, 6) is 0.755. The van der Waals surface area contributed by atoms with Gasteiger partial charge in [0.15, 0.2) is 0 Å². The van der Waals surface area contributed by atoms with Gasteiger partial charge in [-0.1, -0.05) is 60.7 Å². The standard InChI is InChI=1S/C25H29O6P/c1-19(2)31-32(27,28)30-14-13-20-9-11-23(12-10-20)24-7-4-8-25(16-24)29-18-22-6-3-5-21(15-22)17-26/h3-12,15-16,19,26H,13-14,17-18H2,1-2H3,(H,27,28)/p-1. The molecule has 0 aliphatic heterocycles. The molecule has 0 spiro atoms. The van der Waals surface area contributed by atoms with Crippen LogP contribution in [0.5, 0.6) is 5.75 Å². The SMILES string of the molecule is CC(C)OP(=O)([O-])OCCc1ccc(-c2cccc(OCc3cccc(CO)c3)c2)cc1. The molecule has 32 heavy (non-hydrogen) atoms. The summed E-state index contributed by atoms with van der Waals surface area (Å²) in [5, 5.41) is 9.26. The second-order valence-electron chi connectivity index (χ2n) is 7.68. The van der Waals surface area contributed by atoms with Crippen molar-refractivity contribution >= 4 is 7.82 Å². The Morgan fingerprint density at radius 3 is 2.34 bits per heavy atom. The molecule has 0 radical (unpaired) electrons. The highest BCUT2D eigenvalue weighted by atomic mass is 31.2. The first kappa shape index (κ1) is 24.2. The monoisotopic (exact) mass is 455 g/mol. The third kappa shape index (κ3) is 7.59. The third-order valence-electron chi connectivity index (χ3n) is 4.68. The van der Waals surface area contributed by atoms with Gasteiger partial charge in [-0.3, -0.25) is 4.57 Å². The maximum absolute atomic E-state index is 11.6. The molecule has 0 aromatic heterocycles. The van der Waals surface area contributed by atoms with Crippen LogP contribution in [0, 0.1) is 0 Å². The lowest BCUT2D eigenvalue weighted by Gasteiger charge is -2.24. The molecule has 1 atom stereocenters. The van der Waals surface area contributed by atoms with Crippen LogP contribution >= 0.6 is 7.82 Å². The van der Waals surface area contributed by atoms with Crippen molar-refractivity contribution in [1.82, 2.24) is 0 Å². The van der Waals surface area contributed by atoms with Gasteiger partial charge in [0.1, 0.15) is 12.4 Å². The van der Waals surface area contributed by atoms with Crippen LogP contribution < -0.4 is 9.63 Å². The van der Waals surface area contributed by atoms with Gasteiger partial charge in [0.2, 0.25) is 0 Å². The van der Waals surface area contributed by atoms with Gasteiger partial charge in [0.05, 0.1) is 19.3 Å². The third-order valence-corrected chi connectivity index (χ3v) is 5.86. The molecule has 0 aliphatic carbocycles. The van der Waals surface area contributed by atoms with Crippen molar-refractivity contribution in [2.75, 3.05) is 6.61 Å². The molecule has 0 saturated carbocycles. The number of ether oxygens (including phenoxy) is 1. The maximum Gasteiger partial charge on any atom is 0.268 e. The lowest BCUT2D eigenvalue weighted by molar-refractivity contribution is -0.228. The highest BCUT2D eigenvalue weighted by Gasteiger charge is 2.11. The molecular weight excluding hydrogens is 427 g/mol. The summed E-state index contributed by atoms with van der Waals surface area (Å²) in [4.78, 5) is 11.6. The van der Waals surface area contributed by atoms with Crippen LogP contribution in [-0.4, -0.2) is 17.8 Å². The topological polar surface area (TPSA) is 88.1 Å². The molecule has 3 aromatic carbocycles. The summed E-state index contributed by atoms with van der Waals surface area (Å²) in [5.41, 5.74) is 4.86. The van der Waals surface area contributed by atoms with Crippen molar-refractivity contribution in [2.24, 2.45) is 0 Å². The zero-order chi connectivity index (χ0) is 23.0. The minimum atomic E-state index is -4.26. The van der Waals surface area contributed by atoms with Crippen molar-refractivity contribution < 1.29 is 28.3 Å². The van der Waals surface area contributed by atoms with Crippen molar-refractivity contribution in [1.29, 1.82) is 0 Å². The number of rotatable bonds is 11. The largest absolute Gasteiger partial charge is 0.756 e. The van der Waals surface area contributed by atoms with E-state index >= 15 is 0 Å². The van der Waals surface area contributed by atoms with Gasteiger partial charge < -0.3 is 23.8 Å². The molecule has 1 N–H and O–H groups in total. The van der Waals surface area contributed by atoms with Crippen molar-refractivity contribution in [2.45, 2.75) is 39.6 Å². The van der Waals surface area contributed by atoms with Crippen molar-refractivity contribution in [3.8, 4) is 16.9 Å². The van der Waals surface area contributed by atoms with Crippen LogP contribution in [0.1, 0.15) is 30.5 Å². The average molecular weight is 455 g/mol. The Kier molecular flexibility index (Phi) is 8.62. The number of hydrogen-bond donors (Lipinski definition) is 1. The first-order chi connectivity index (χ1) is 15.3. The minimum Gasteiger partial charge on any atom is -0.756 e. The van der Waals surface area contributed by atoms with Gasteiger partial charge >= 0.3 is 0 Å². The zero-order valence-electron chi connectivity index (χ0n) is 18.3. The Bertz CT molecular complexity index is 1050. The summed E-state index contributed by atoms with van der Waals surface area (Å²) >= 11 is 0. The number of phosphoric ester groups is 1. The summed E-state index contributed by atoms with van der Waals surface area (Å²) < 4.78 is 27.2.